The second kappa shape index (κ2) is 5.27. The van der Waals surface area contributed by atoms with Gasteiger partial charge in [-0.2, -0.15) is 0 Å². The zero-order chi connectivity index (χ0) is 11.4. The number of likely N-dealkylation sites (N-methyl/N-ethyl adjacent to an activating group) is 1. The topological polar surface area (TPSA) is 64.1 Å². The van der Waals surface area contributed by atoms with E-state index in [-0.39, 0.29) is 0 Å². The highest BCUT2D eigenvalue weighted by Gasteiger charge is 2.13. The summed E-state index contributed by atoms with van der Waals surface area (Å²) in [4.78, 5) is 0. The summed E-state index contributed by atoms with van der Waals surface area (Å²) < 4.78 is 11.2. The van der Waals surface area contributed by atoms with Crippen LogP contribution in [0.2, 0.25) is 0 Å². The lowest BCUT2D eigenvalue weighted by Gasteiger charge is -1.95. The molecule has 0 unspecified atom stereocenters. The van der Waals surface area contributed by atoms with Gasteiger partial charge in [-0.15, -0.1) is 10.2 Å². The fourth-order valence-electron chi connectivity index (χ4n) is 1.28. The minimum absolute atomic E-state index is 0.479. The second-order valence-electron chi connectivity index (χ2n) is 3.21. The molecule has 0 fully saturated rings. The number of hydrogen-bond donors (Lipinski definition) is 1. The van der Waals surface area contributed by atoms with E-state index < -0.39 is 0 Å². The van der Waals surface area contributed by atoms with E-state index in [1.54, 1.807) is 12.3 Å². The Labute approximate surface area is 101 Å². The van der Waals surface area contributed by atoms with E-state index in [9.17, 15) is 0 Å². The number of nitrogens with one attached hydrogen (secondary N) is 1. The van der Waals surface area contributed by atoms with Crippen molar-refractivity contribution in [3.63, 3.8) is 0 Å². The molecule has 2 heterocycles. The SMILES string of the molecule is CCNCCc1nnc(-c2ccoc2Br)o1. The summed E-state index contributed by atoms with van der Waals surface area (Å²) in [5.74, 6) is 1.11. The molecule has 2 aromatic rings. The molecule has 0 amide bonds. The summed E-state index contributed by atoms with van der Waals surface area (Å²) in [5.41, 5.74) is 0.780. The van der Waals surface area contributed by atoms with Crippen LogP contribution in [0.25, 0.3) is 11.5 Å². The predicted octanol–water partition coefficient (Wildman–Crippen LogP) is 2.24. The van der Waals surface area contributed by atoms with Gasteiger partial charge in [0.05, 0.1) is 11.8 Å². The fraction of sp³-hybridized carbons (Fsp3) is 0.400. The molecule has 0 aliphatic rings. The minimum atomic E-state index is 0.479. The summed E-state index contributed by atoms with van der Waals surface area (Å²) >= 11 is 3.27. The molecule has 0 aromatic carbocycles. The van der Waals surface area contributed by atoms with Crippen molar-refractivity contribution in [1.82, 2.24) is 15.5 Å². The zero-order valence-electron chi connectivity index (χ0n) is 8.86. The average Bonchev–Trinajstić information content (AvgIpc) is 2.87. The van der Waals surface area contributed by atoms with Crippen LogP contribution in [0.3, 0.4) is 0 Å². The number of aromatic nitrogens is 2. The molecule has 0 atom stereocenters. The van der Waals surface area contributed by atoms with E-state index in [0.717, 1.165) is 25.1 Å². The second-order valence-corrected chi connectivity index (χ2v) is 3.93. The number of halogens is 1. The first-order chi connectivity index (χ1) is 7.81. The maximum atomic E-state index is 5.50. The van der Waals surface area contributed by atoms with Crippen molar-refractivity contribution in [2.45, 2.75) is 13.3 Å². The fourth-order valence-corrected chi connectivity index (χ4v) is 1.69. The Balaban J connectivity index is 2.05. The van der Waals surface area contributed by atoms with Gasteiger partial charge < -0.3 is 14.2 Å². The van der Waals surface area contributed by atoms with E-state index in [4.69, 9.17) is 8.83 Å². The molecule has 2 aromatic heterocycles. The third-order valence-electron chi connectivity index (χ3n) is 2.08. The first-order valence-electron chi connectivity index (χ1n) is 5.07. The molecule has 0 saturated carbocycles. The highest BCUT2D eigenvalue weighted by Crippen LogP contribution is 2.27. The van der Waals surface area contributed by atoms with Crippen LogP contribution in [0, 0.1) is 0 Å². The van der Waals surface area contributed by atoms with Crippen LogP contribution in [0.5, 0.6) is 0 Å². The van der Waals surface area contributed by atoms with Crippen molar-refractivity contribution < 1.29 is 8.83 Å². The summed E-state index contributed by atoms with van der Waals surface area (Å²) in [6, 6.07) is 1.78. The Morgan fingerprint density at radius 1 is 1.44 bits per heavy atom. The molecule has 0 aliphatic heterocycles. The monoisotopic (exact) mass is 285 g/mol. The van der Waals surface area contributed by atoms with E-state index in [0.29, 0.717) is 16.5 Å². The van der Waals surface area contributed by atoms with Crippen LogP contribution in [-0.2, 0) is 6.42 Å². The van der Waals surface area contributed by atoms with E-state index >= 15 is 0 Å². The van der Waals surface area contributed by atoms with E-state index in [2.05, 4.69) is 38.4 Å². The molecule has 1 N–H and O–H groups in total. The van der Waals surface area contributed by atoms with Crippen molar-refractivity contribution in [2.75, 3.05) is 13.1 Å². The predicted molar refractivity (Wildman–Crippen MR) is 61.9 cm³/mol. The van der Waals surface area contributed by atoms with Crippen LogP contribution >= 0.6 is 15.9 Å². The molecule has 0 spiro atoms. The largest absolute Gasteiger partial charge is 0.457 e. The smallest absolute Gasteiger partial charge is 0.252 e. The lowest BCUT2D eigenvalue weighted by atomic mass is 10.3. The molecule has 0 bridgehead atoms. The van der Waals surface area contributed by atoms with Gasteiger partial charge in [0.15, 0.2) is 4.67 Å². The molecular weight excluding hydrogens is 274 g/mol. The first-order valence-corrected chi connectivity index (χ1v) is 5.87. The molecule has 5 nitrogen and oxygen atoms in total. The van der Waals surface area contributed by atoms with Crippen molar-refractivity contribution in [3.05, 3.63) is 22.9 Å². The average molecular weight is 286 g/mol. The van der Waals surface area contributed by atoms with Gasteiger partial charge in [0.25, 0.3) is 5.89 Å². The van der Waals surface area contributed by atoms with Gasteiger partial charge in [0.2, 0.25) is 5.89 Å². The normalized spacial score (nSPS) is 10.9. The number of rotatable bonds is 5. The molecule has 6 heteroatoms. The van der Waals surface area contributed by atoms with Crippen LogP contribution in [0.1, 0.15) is 12.8 Å². The summed E-state index contributed by atoms with van der Waals surface area (Å²) in [7, 11) is 0. The number of hydrogen-bond acceptors (Lipinski definition) is 5. The molecule has 2 rings (SSSR count). The first kappa shape index (κ1) is 11.3. The van der Waals surface area contributed by atoms with Crippen molar-refractivity contribution in [3.8, 4) is 11.5 Å². The van der Waals surface area contributed by atoms with E-state index in [1.807, 2.05) is 0 Å². The highest BCUT2D eigenvalue weighted by atomic mass is 79.9. The van der Waals surface area contributed by atoms with Crippen molar-refractivity contribution >= 4 is 15.9 Å². The van der Waals surface area contributed by atoms with Gasteiger partial charge in [0, 0.05) is 13.0 Å². The lowest BCUT2D eigenvalue weighted by molar-refractivity contribution is 0.493. The van der Waals surface area contributed by atoms with Gasteiger partial charge in [0.1, 0.15) is 0 Å². The number of nitrogens with zero attached hydrogens (tertiary/aromatic N) is 2. The summed E-state index contributed by atoms with van der Waals surface area (Å²) in [5, 5.41) is 11.1. The van der Waals surface area contributed by atoms with Crippen molar-refractivity contribution in [1.29, 1.82) is 0 Å². The quantitative estimate of drug-likeness (QED) is 0.854. The lowest BCUT2D eigenvalue weighted by Crippen LogP contribution is -2.16. The van der Waals surface area contributed by atoms with Crippen LogP contribution in [0.4, 0.5) is 0 Å². The Kier molecular flexibility index (Phi) is 3.74. The van der Waals surface area contributed by atoms with Gasteiger partial charge in [-0.3, -0.25) is 0 Å². The highest BCUT2D eigenvalue weighted by molar-refractivity contribution is 9.10. The van der Waals surface area contributed by atoms with E-state index in [1.165, 1.54) is 0 Å². The van der Waals surface area contributed by atoms with Gasteiger partial charge in [-0.1, -0.05) is 6.92 Å². The zero-order valence-corrected chi connectivity index (χ0v) is 10.5. The van der Waals surface area contributed by atoms with Crippen molar-refractivity contribution in [2.24, 2.45) is 0 Å². The molecule has 86 valence electrons. The maximum absolute atomic E-state index is 5.50. The Morgan fingerprint density at radius 3 is 3.00 bits per heavy atom. The molecular formula is C10H12BrN3O2. The van der Waals surface area contributed by atoms with Crippen LogP contribution < -0.4 is 5.32 Å². The number of furan rings is 1. The molecule has 0 radical (unpaired) electrons. The van der Waals surface area contributed by atoms with Gasteiger partial charge >= 0.3 is 0 Å². The summed E-state index contributed by atoms with van der Waals surface area (Å²) in [6.45, 7) is 3.83. The summed E-state index contributed by atoms with van der Waals surface area (Å²) in [6.07, 6.45) is 2.30. The molecule has 0 saturated heterocycles. The Hall–Kier alpha value is -1.14. The standard InChI is InChI=1S/C10H12BrN3O2/c1-2-12-5-3-8-13-14-10(16-8)7-4-6-15-9(7)11/h4,6,12H,2-3,5H2,1H3. The maximum Gasteiger partial charge on any atom is 0.252 e. The van der Waals surface area contributed by atoms with Gasteiger partial charge in [-0.25, -0.2) is 0 Å². The van der Waals surface area contributed by atoms with Crippen LogP contribution in [-0.4, -0.2) is 23.3 Å². The Bertz CT molecular complexity index is 452. The van der Waals surface area contributed by atoms with Gasteiger partial charge in [-0.05, 0) is 28.5 Å². The molecule has 0 aliphatic carbocycles. The van der Waals surface area contributed by atoms with Crippen LogP contribution in [0.15, 0.2) is 25.8 Å². The minimum Gasteiger partial charge on any atom is -0.457 e. The Morgan fingerprint density at radius 2 is 2.31 bits per heavy atom. The third-order valence-corrected chi connectivity index (χ3v) is 2.69. The molecule has 16 heavy (non-hydrogen) atoms. The third kappa shape index (κ3) is 2.51.